The monoisotopic (exact) mass is 703 g/mol. The van der Waals surface area contributed by atoms with Gasteiger partial charge >= 0.3 is 0 Å². The molecule has 1 aliphatic carbocycles. The zero-order valence-corrected chi connectivity index (χ0v) is 29.9. The van der Waals surface area contributed by atoms with Crippen LogP contribution in [0.3, 0.4) is 0 Å². The molecule has 0 amide bonds. The molecule has 4 nitrogen and oxygen atoms in total. The smallest absolute Gasteiger partial charge is 0.164 e. The van der Waals surface area contributed by atoms with Crippen LogP contribution in [0.1, 0.15) is 24.2 Å². The highest BCUT2D eigenvalue weighted by Gasteiger charge is 2.22. The summed E-state index contributed by atoms with van der Waals surface area (Å²) in [5, 5.41) is 9.44. The summed E-state index contributed by atoms with van der Waals surface area (Å²) in [4.78, 5) is 15.4. The van der Waals surface area contributed by atoms with Gasteiger partial charge in [0.15, 0.2) is 17.5 Å². The molecule has 2 aromatic heterocycles. The third-order valence-electron chi connectivity index (χ3n) is 11.1. The normalized spacial score (nSPS) is 12.9. The lowest BCUT2D eigenvalue weighted by molar-refractivity contribution is 0.669. The average Bonchev–Trinajstić information content (AvgIpc) is 3.64. The standard InChI is InChI=1S/C51H33N3O/c1-2-14-34(15-3-1)49-52-50(37-25-24-32-12-4-5-16-35(32)30-37)54-51(53-49)44-29-28-42(40-19-8-9-20-41(40)44)43-22-11-23-46-48(43)45-27-26-36(31-47(45)55-46)39-21-10-17-33-13-6-7-18-38(33)39/h1-27,30-31H,28-29H2. The summed E-state index contributed by atoms with van der Waals surface area (Å²) in [7, 11) is 0. The molecule has 0 aliphatic heterocycles. The molecule has 1 aliphatic rings. The maximum atomic E-state index is 6.63. The summed E-state index contributed by atoms with van der Waals surface area (Å²) in [6.07, 6.45) is 1.63. The molecule has 55 heavy (non-hydrogen) atoms. The molecule has 0 N–H and O–H groups in total. The molecule has 0 bridgehead atoms. The Balaban J connectivity index is 1.10. The van der Waals surface area contributed by atoms with E-state index in [1.54, 1.807) is 0 Å². The summed E-state index contributed by atoms with van der Waals surface area (Å²) < 4.78 is 6.63. The van der Waals surface area contributed by atoms with E-state index < -0.39 is 0 Å². The van der Waals surface area contributed by atoms with Gasteiger partial charge in [-0.25, -0.2) is 15.0 Å². The fraction of sp³-hybridized carbons (Fsp3) is 0.0392. The van der Waals surface area contributed by atoms with Crippen LogP contribution >= 0.6 is 0 Å². The average molecular weight is 704 g/mol. The number of aromatic nitrogens is 3. The molecule has 8 aromatic carbocycles. The molecular weight excluding hydrogens is 671 g/mol. The van der Waals surface area contributed by atoms with E-state index in [1.807, 2.05) is 18.2 Å². The van der Waals surface area contributed by atoms with E-state index in [1.165, 1.54) is 38.1 Å². The van der Waals surface area contributed by atoms with Crippen LogP contribution in [0.15, 0.2) is 180 Å². The molecule has 0 atom stereocenters. The van der Waals surface area contributed by atoms with Crippen LogP contribution < -0.4 is 10.4 Å². The molecule has 0 unspecified atom stereocenters. The minimum Gasteiger partial charge on any atom is -0.456 e. The molecule has 2 heterocycles. The van der Waals surface area contributed by atoms with Crippen LogP contribution in [0.4, 0.5) is 0 Å². The van der Waals surface area contributed by atoms with Gasteiger partial charge in [0.05, 0.1) is 0 Å². The number of fused-ring (bicyclic) bond motifs is 6. The molecule has 0 saturated heterocycles. The molecule has 0 spiro atoms. The van der Waals surface area contributed by atoms with Gasteiger partial charge in [0.2, 0.25) is 0 Å². The van der Waals surface area contributed by atoms with Crippen LogP contribution in [0.25, 0.3) is 88.5 Å². The highest BCUT2D eigenvalue weighted by Crippen LogP contribution is 2.39. The maximum Gasteiger partial charge on any atom is 0.164 e. The lowest BCUT2D eigenvalue weighted by Gasteiger charge is -2.18. The number of rotatable bonds is 5. The van der Waals surface area contributed by atoms with E-state index >= 15 is 0 Å². The summed E-state index contributed by atoms with van der Waals surface area (Å²) in [5.41, 5.74) is 9.72. The summed E-state index contributed by atoms with van der Waals surface area (Å²) in [6.45, 7) is 0. The lowest BCUT2D eigenvalue weighted by Crippen LogP contribution is -2.33. The highest BCUT2D eigenvalue weighted by molar-refractivity contribution is 6.11. The third-order valence-corrected chi connectivity index (χ3v) is 11.1. The first-order chi connectivity index (χ1) is 27.2. The van der Waals surface area contributed by atoms with E-state index in [0.717, 1.165) is 73.5 Å². The Kier molecular flexibility index (Phi) is 7.27. The molecule has 11 rings (SSSR count). The Morgan fingerprint density at radius 1 is 0.364 bits per heavy atom. The quantitative estimate of drug-likeness (QED) is 0.179. The summed E-state index contributed by atoms with van der Waals surface area (Å²) >= 11 is 0. The Labute approximate surface area is 317 Å². The van der Waals surface area contributed by atoms with Gasteiger partial charge in [-0.2, -0.15) is 0 Å². The summed E-state index contributed by atoms with van der Waals surface area (Å²) in [5.74, 6) is 2.06. The molecule has 0 fully saturated rings. The number of nitrogens with zero attached hydrogens (tertiary/aromatic N) is 3. The van der Waals surface area contributed by atoms with Gasteiger partial charge in [0.1, 0.15) is 11.2 Å². The molecular formula is C51H33N3O. The van der Waals surface area contributed by atoms with Crippen molar-refractivity contribution in [2.24, 2.45) is 0 Å². The fourth-order valence-electron chi connectivity index (χ4n) is 8.45. The third kappa shape index (κ3) is 5.33. The van der Waals surface area contributed by atoms with Gasteiger partial charge in [-0.05, 0) is 91.4 Å². The van der Waals surface area contributed by atoms with Crippen molar-refractivity contribution in [3.63, 3.8) is 0 Å². The van der Waals surface area contributed by atoms with Gasteiger partial charge in [-0.3, -0.25) is 0 Å². The van der Waals surface area contributed by atoms with Crippen LogP contribution in [-0.2, 0) is 0 Å². The molecule has 0 saturated carbocycles. The topological polar surface area (TPSA) is 51.8 Å². The van der Waals surface area contributed by atoms with Crippen molar-refractivity contribution in [2.45, 2.75) is 12.8 Å². The van der Waals surface area contributed by atoms with Crippen LogP contribution in [-0.4, -0.2) is 15.0 Å². The predicted molar refractivity (Wildman–Crippen MR) is 225 cm³/mol. The Morgan fingerprint density at radius 2 is 1.00 bits per heavy atom. The van der Waals surface area contributed by atoms with Gasteiger partial charge in [0, 0.05) is 27.5 Å². The number of benzene rings is 8. The number of hydrogen-bond donors (Lipinski definition) is 0. The van der Waals surface area contributed by atoms with Crippen molar-refractivity contribution in [3.05, 3.63) is 198 Å². The van der Waals surface area contributed by atoms with Gasteiger partial charge in [-0.1, -0.05) is 152 Å². The predicted octanol–water partition coefficient (Wildman–Crippen LogP) is 11.3. The van der Waals surface area contributed by atoms with E-state index in [2.05, 4.69) is 158 Å². The van der Waals surface area contributed by atoms with Crippen molar-refractivity contribution in [2.75, 3.05) is 0 Å². The van der Waals surface area contributed by atoms with Gasteiger partial charge in [-0.15, -0.1) is 0 Å². The number of furan rings is 1. The minimum absolute atomic E-state index is 0.672. The second-order valence-electron chi connectivity index (χ2n) is 14.3. The molecule has 258 valence electrons. The van der Waals surface area contributed by atoms with E-state index in [4.69, 9.17) is 19.4 Å². The Hall–Kier alpha value is -7.17. The van der Waals surface area contributed by atoms with Crippen molar-refractivity contribution in [3.8, 4) is 33.9 Å². The Bertz CT molecular complexity index is 3270. The van der Waals surface area contributed by atoms with E-state index in [-0.39, 0.29) is 0 Å². The van der Waals surface area contributed by atoms with Crippen LogP contribution in [0, 0.1) is 0 Å². The largest absolute Gasteiger partial charge is 0.456 e. The first-order valence-corrected chi connectivity index (χ1v) is 18.8. The fourth-order valence-corrected chi connectivity index (χ4v) is 8.45. The van der Waals surface area contributed by atoms with Crippen molar-refractivity contribution in [1.82, 2.24) is 15.0 Å². The van der Waals surface area contributed by atoms with E-state index in [9.17, 15) is 0 Å². The van der Waals surface area contributed by atoms with Gasteiger partial charge < -0.3 is 4.42 Å². The van der Waals surface area contributed by atoms with Crippen molar-refractivity contribution >= 4 is 54.6 Å². The Morgan fingerprint density at radius 3 is 1.87 bits per heavy atom. The van der Waals surface area contributed by atoms with Crippen molar-refractivity contribution in [1.29, 1.82) is 0 Å². The zero-order valence-electron chi connectivity index (χ0n) is 29.9. The molecule has 4 heteroatoms. The first-order valence-electron chi connectivity index (χ1n) is 18.8. The summed E-state index contributed by atoms with van der Waals surface area (Å²) in [6, 6.07) is 61.9. The first kappa shape index (κ1) is 31.4. The van der Waals surface area contributed by atoms with E-state index in [0.29, 0.717) is 11.6 Å². The molecule has 0 radical (unpaired) electrons. The molecule has 10 aromatic rings. The second-order valence-corrected chi connectivity index (χ2v) is 14.3. The highest BCUT2D eigenvalue weighted by atomic mass is 16.3. The van der Waals surface area contributed by atoms with Crippen molar-refractivity contribution < 1.29 is 4.42 Å². The zero-order chi connectivity index (χ0) is 36.3. The minimum atomic E-state index is 0.672. The lowest BCUT2D eigenvalue weighted by atomic mass is 9.87. The number of hydrogen-bond acceptors (Lipinski definition) is 4. The SMILES string of the molecule is c1ccc(-c2nc(C3=c4ccccc4=C(c4cccc5oc6cc(-c7cccc8ccccc78)ccc6c45)CC3)nc(-c3ccc4ccccc4c3)n2)cc1. The van der Waals surface area contributed by atoms with Crippen LogP contribution in [0.5, 0.6) is 0 Å². The van der Waals surface area contributed by atoms with Crippen LogP contribution in [0.2, 0.25) is 0 Å². The second kappa shape index (κ2) is 12.8. The maximum absolute atomic E-state index is 6.63. The van der Waals surface area contributed by atoms with Gasteiger partial charge in [0.25, 0.3) is 0 Å².